The van der Waals surface area contributed by atoms with E-state index in [-0.39, 0.29) is 4.99 Å². The lowest BCUT2D eigenvalue weighted by Crippen LogP contribution is -2.50. The molecule has 4 nitrogen and oxygen atoms in total. The summed E-state index contributed by atoms with van der Waals surface area (Å²) >= 11 is 4.69. The fourth-order valence-electron chi connectivity index (χ4n) is 0.979. The number of nitrogens with two attached hydrogens (primary N) is 1. The Morgan fingerprint density at radius 1 is 1.47 bits per heavy atom. The third-order valence-electron chi connectivity index (χ3n) is 2.82. The van der Waals surface area contributed by atoms with E-state index in [0.29, 0.717) is 0 Å². The number of sulfonamides is 1. The first-order chi connectivity index (χ1) is 6.68. The lowest BCUT2D eigenvalue weighted by atomic mass is 9.98. The first-order valence-electron chi connectivity index (χ1n) is 5.00. The molecule has 0 aromatic carbocycles. The molecule has 0 amide bonds. The van der Waals surface area contributed by atoms with E-state index < -0.39 is 20.8 Å². The number of hydrogen-bond donors (Lipinski definition) is 2. The average Bonchev–Trinajstić information content (AvgIpc) is 2.15. The smallest absolute Gasteiger partial charge is 0.221 e. The Hall–Kier alpha value is -0.200. The van der Waals surface area contributed by atoms with Crippen molar-refractivity contribution >= 4 is 27.2 Å². The molecule has 0 bridgehead atoms. The number of hydrogen-bond acceptors (Lipinski definition) is 3. The summed E-state index contributed by atoms with van der Waals surface area (Å²) in [5.41, 5.74) is 4.92. The molecule has 0 saturated carbocycles. The van der Waals surface area contributed by atoms with Crippen LogP contribution in [0.15, 0.2) is 0 Å². The fourth-order valence-corrected chi connectivity index (χ4v) is 2.82. The Morgan fingerprint density at radius 2 is 1.87 bits per heavy atom. The molecule has 0 radical (unpaired) electrons. The molecule has 6 heteroatoms. The van der Waals surface area contributed by atoms with E-state index in [1.54, 1.807) is 0 Å². The molecule has 0 aliphatic heterocycles. The first-order valence-corrected chi connectivity index (χ1v) is 6.96. The van der Waals surface area contributed by atoms with Gasteiger partial charge in [-0.15, -0.1) is 0 Å². The van der Waals surface area contributed by atoms with Gasteiger partial charge in [-0.1, -0.05) is 26.1 Å². The van der Waals surface area contributed by atoms with E-state index in [4.69, 9.17) is 5.73 Å². The van der Waals surface area contributed by atoms with Crippen molar-refractivity contribution in [3.8, 4) is 0 Å². The van der Waals surface area contributed by atoms with Crippen molar-refractivity contribution in [1.82, 2.24) is 4.72 Å². The van der Waals surface area contributed by atoms with Crippen LogP contribution in [-0.2, 0) is 10.0 Å². The minimum absolute atomic E-state index is 0.00273. The normalized spacial score (nSPS) is 14.9. The molecule has 0 rings (SSSR count). The summed E-state index contributed by atoms with van der Waals surface area (Å²) in [6, 6.07) is 0. The van der Waals surface area contributed by atoms with Gasteiger partial charge in [-0.3, -0.25) is 0 Å². The molecule has 0 spiro atoms. The summed E-state index contributed by atoms with van der Waals surface area (Å²) in [7, 11) is -3.46. The van der Waals surface area contributed by atoms with Crippen molar-refractivity contribution in [2.75, 3.05) is 0 Å². The van der Waals surface area contributed by atoms with Crippen LogP contribution >= 0.6 is 12.2 Å². The Labute approximate surface area is 97.7 Å². The van der Waals surface area contributed by atoms with Crippen molar-refractivity contribution in [3.05, 3.63) is 0 Å². The molecule has 0 aliphatic rings. The van der Waals surface area contributed by atoms with E-state index >= 15 is 0 Å². The van der Waals surface area contributed by atoms with Crippen molar-refractivity contribution in [2.45, 2.75) is 51.3 Å². The molecule has 0 aliphatic carbocycles. The van der Waals surface area contributed by atoms with Crippen LogP contribution in [0.1, 0.15) is 40.5 Å². The second kappa shape index (κ2) is 5.23. The Bertz CT molecular complexity index is 321. The van der Waals surface area contributed by atoms with Gasteiger partial charge in [-0.25, -0.2) is 13.1 Å². The monoisotopic (exact) mass is 252 g/mol. The van der Waals surface area contributed by atoms with E-state index in [1.807, 2.05) is 20.8 Å². The van der Waals surface area contributed by atoms with E-state index in [2.05, 4.69) is 16.9 Å². The molecule has 15 heavy (non-hydrogen) atoms. The van der Waals surface area contributed by atoms with Gasteiger partial charge in [-0.05, 0) is 26.7 Å². The van der Waals surface area contributed by atoms with Crippen LogP contribution in [0.25, 0.3) is 0 Å². The molecule has 3 N–H and O–H groups in total. The van der Waals surface area contributed by atoms with Crippen LogP contribution in [0.2, 0.25) is 0 Å². The topological polar surface area (TPSA) is 72.2 Å². The van der Waals surface area contributed by atoms with Gasteiger partial charge in [0.15, 0.2) is 0 Å². The van der Waals surface area contributed by atoms with Gasteiger partial charge in [0.2, 0.25) is 10.0 Å². The Morgan fingerprint density at radius 3 is 2.13 bits per heavy atom. The predicted octanol–water partition coefficient (Wildman–Crippen LogP) is 1.16. The largest absolute Gasteiger partial charge is 0.392 e. The molecule has 1 atom stereocenters. The van der Waals surface area contributed by atoms with Crippen LogP contribution in [0.4, 0.5) is 0 Å². The summed E-state index contributed by atoms with van der Waals surface area (Å²) in [5.74, 6) is 0. The maximum atomic E-state index is 11.8. The fraction of sp³-hybridized carbons (Fsp3) is 0.889. The standard InChI is InChI=1S/C9H20N2O2S2/c1-5-9(4,6-2)11-15(12,13)7(3)8(10)14/h7,11H,5-6H2,1-4H3,(H2,10,14). The van der Waals surface area contributed by atoms with Gasteiger partial charge in [0, 0.05) is 5.54 Å². The van der Waals surface area contributed by atoms with Crippen LogP contribution in [0.5, 0.6) is 0 Å². The SMILES string of the molecule is CCC(C)(CC)NS(=O)(=O)C(C)C(N)=S. The summed E-state index contributed by atoms with van der Waals surface area (Å²) < 4.78 is 26.3. The van der Waals surface area contributed by atoms with Crippen molar-refractivity contribution in [2.24, 2.45) is 5.73 Å². The van der Waals surface area contributed by atoms with Gasteiger partial charge in [0.05, 0.1) is 4.99 Å². The lowest BCUT2D eigenvalue weighted by molar-refractivity contribution is 0.388. The summed E-state index contributed by atoms with van der Waals surface area (Å²) in [6.07, 6.45) is 1.46. The molecule has 0 aromatic rings. The first kappa shape index (κ1) is 14.8. The van der Waals surface area contributed by atoms with Crippen LogP contribution < -0.4 is 10.5 Å². The highest BCUT2D eigenvalue weighted by Crippen LogP contribution is 2.16. The van der Waals surface area contributed by atoms with Crippen LogP contribution in [0, 0.1) is 0 Å². The Balaban J connectivity index is 4.86. The quantitative estimate of drug-likeness (QED) is 0.696. The highest BCUT2D eigenvalue weighted by atomic mass is 32.2. The zero-order valence-electron chi connectivity index (χ0n) is 9.70. The van der Waals surface area contributed by atoms with Gasteiger partial charge < -0.3 is 5.73 Å². The zero-order valence-corrected chi connectivity index (χ0v) is 11.3. The average molecular weight is 252 g/mol. The minimum Gasteiger partial charge on any atom is -0.392 e. The molecule has 0 heterocycles. The van der Waals surface area contributed by atoms with E-state index in [0.717, 1.165) is 12.8 Å². The maximum Gasteiger partial charge on any atom is 0.221 e. The molecule has 0 fully saturated rings. The molecule has 0 saturated heterocycles. The second-order valence-corrected chi connectivity index (χ2v) is 6.43. The molecule has 0 aromatic heterocycles. The van der Waals surface area contributed by atoms with Crippen LogP contribution in [-0.4, -0.2) is 24.2 Å². The van der Waals surface area contributed by atoms with Crippen molar-refractivity contribution in [1.29, 1.82) is 0 Å². The van der Waals surface area contributed by atoms with Gasteiger partial charge in [-0.2, -0.15) is 0 Å². The summed E-state index contributed by atoms with van der Waals surface area (Å²) in [6.45, 7) is 7.25. The van der Waals surface area contributed by atoms with E-state index in [9.17, 15) is 8.42 Å². The minimum atomic E-state index is -3.46. The van der Waals surface area contributed by atoms with Gasteiger partial charge in [0.1, 0.15) is 5.25 Å². The number of nitrogens with one attached hydrogen (secondary N) is 1. The zero-order chi connectivity index (χ0) is 12.3. The lowest BCUT2D eigenvalue weighted by Gasteiger charge is -2.29. The van der Waals surface area contributed by atoms with Gasteiger partial charge >= 0.3 is 0 Å². The second-order valence-electron chi connectivity index (χ2n) is 3.96. The highest BCUT2D eigenvalue weighted by molar-refractivity contribution is 7.93. The number of thiocarbonyl (C=S) groups is 1. The third kappa shape index (κ3) is 4.04. The van der Waals surface area contributed by atoms with Crippen molar-refractivity contribution < 1.29 is 8.42 Å². The van der Waals surface area contributed by atoms with E-state index in [1.165, 1.54) is 6.92 Å². The third-order valence-corrected chi connectivity index (χ3v) is 5.28. The predicted molar refractivity (Wildman–Crippen MR) is 67.3 cm³/mol. The molecular weight excluding hydrogens is 232 g/mol. The van der Waals surface area contributed by atoms with Crippen molar-refractivity contribution in [3.63, 3.8) is 0 Å². The molecule has 1 unspecified atom stereocenters. The maximum absolute atomic E-state index is 11.8. The van der Waals surface area contributed by atoms with Gasteiger partial charge in [0.25, 0.3) is 0 Å². The summed E-state index contributed by atoms with van der Waals surface area (Å²) in [4.78, 5) is -0.00273. The van der Waals surface area contributed by atoms with Crippen LogP contribution in [0.3, 0.4) is 0 Å². The summed E-state index contributed by atoms with van der Waals surface area (Å²) in [5, 5.41) is -0.829. The molecule has 90 valence electrons. The molecular formula is C9H20N2O2S2. The Kier molecular flexibility index (Phi) is 5.16. The highest BCUT2D eigenvalue weighted by Gasteiger charge is 2.31. The number of rotatable bonds is 6.